The average molecular weight is 151 g/mol. The fourth-order valence-electron chi connectivity index (χ4n) is 1.08. The highest BCUT2D eigenvalue weighted by atomic mass is 19.1. The number of rotatable bonds is 1. The van der Waals surface area contributed by atoms with Gasteiger partial charge in [-0.25, -0.2) is 4.39 Å². The molecule has 0 aromatic carbocycles. The van der Waals surface area contributed by atoms with E-state index in [0.29, 0.717) is 13.0 Å². The summed E-state index contributed by atoms with van der Waals surface area (Å²) in [5.74, 6) is 2.11. The lowest BCUT2D eigenvalue weighted by molar-refractivity contribution is 0.626. The van der Waals surface area contributed by atoms with Crippen LogP contribution in [0.4, 0.5) is 4.39 Å². The average Bonchev–Trinajstić information content (AvgIpc) is 2.03. The quantitative estimate of drug-likeness (QED) is 0.563. The molecule has 1 atom stereocenters. The molecule has 0 amide bonds. The first kappa shape index (κ1) is 8.03. The molecule has 0 spiro atoms. The normalized spacial score (nSPS) is 23.5. The Morgan fingerprint density at radius 2 is 2.55 bits per heavy atom. The molecule has 2 heteroatoms. The van der Waals surface area contributed by atoms with Crippen molar-refractivity contribution in [2.45, 2.75) is 6.42 Å². The number of terminal acetylenes is 1. The second-order valence-electron chi connectivity index (χ2n) is 2.54. The molecule has 1 aliphatic rings. The van der Waals surface area contributed by atoms with Crippen molar-refractivity contribution in [1.82, 2.24) is 0 Å². The van der Waals surface area contributed by atoms with Gasteiger partial charge in [-0.3, -0.25) is 0 Å². The largest absolute Gasteiger partial charge is 0.327 e. The van der Waals surface area contributed by atoms with Crippen molar-refractivity contribution in [2.75, 3.05) is 6.54 Å². The van der Waals surface area contributed by atoms with E-state index in [2.05, 4.69) is 5.92 Å². The molecule has 0 radical (unpaired) electrons. The van der Waals surface area contributed by atoms with Crippen molar-refractivity contribution in [2.24, 2.45) is 11.7 Å². The van der Waals surface area contributed by atoms with E-state index < -0.39 is 0 Å². The molecule has 0 fully saturated rings. The highest BCUT2D eigenvalue weighted by Crippen LogP contribution is 2.21. The summed E-state index contributed by atoms with van der Waals surface area (Å²) in [4.78, 5) is 0. The molecule has 0 aliphatic heterocycles. The lowest BCUT2D eigenvalue weighted by Crippen LogP contribution is -2.09. The van der Waals surface area contributed by atoms with Gasteiger partial charge >= 0.3 is 0 Å². The fourth-order valence-corrected chi connectivity index (χ4v) is 1.08. The van der Waals surface area contributed by atoms with Gasteiger partial charge in [-0.15, -0.1) is 6.42 Å². The van der Waals surface area contributed by atoms with Crippen LogP contribution in [0.2, 0.25) is 0 Å². The maximum absolute atomic E-state index is 12.7. The Hall–Kier alpha value is -1.07. The Bertz CT molecular complexity index is 245. The van der Waals surface area contributed by atoms with Gasteiger partial charge in [0.2, 0.25) is 0 Å². The monoisotopic (exact) mass is 151 g/mol. The standard InChI is InChI=1S/C9H10FN/c1-2-7-3-8(6-11)5-9(10)4-7/h1,4-5,7H,3,6,11H2/t7-/m1/s1. The summed E-state index contributed by atoms with van der Waals surface area (Å²) < 4.78 is 12.7. The maximum atomic E-state index is 12.7. The second kappa shape index (κ2) is 3.36. The van der Waals surface area contributed by atoms with Crippen molar-refractivity contribution in [1.29, 1.82) is 0 Å². The molecule has 11 heavy (non-hydrogen) atoms. The Kier molecular flexibility index (Phi) is 2.45. The summed E-state index contributed by atoms with van der Waals surface area (Å²) in [6, 6.07) is 0. The summed E-state index contributed by atoms with van der Waals surface area (Å²) in [6.45, 7) is 0.388. The molecule has 0 aromatic heterocycles. The SMILES string of the molecule is C#C[C@H]1C=C(F)C=C(CN)C1. The third kappa shape index (κ3) is 1.92. The van der Waals surface area contributed by atoms with Gasteiger partial charge in [0, 0.05) is 12.5 Å². The van der Waals surface area contributed by atoms with Gasteiger partial charge < -0.3 is 5.73 Å². The molecule has 1 aliphatic carbocycles. The van der Waals surface area contributed by atoms with Gasteiger partial charge in [0.1, 0.15) is 5.83 Å². The molecule has 0 bridgehead atoms. The molecule has 0 unspecified atom stereocenters. The van der Waals surface area contributed by atoms with Crippen molar-refractivity contribution in [3.8, 4) is 12.3 Å². The van der Waals surface area contributed by atoms with Crippen LogP contribution in [0.1, 0.15) is 6.42 Å². The first-order chi connectivity index (χ1) is 5.26. The topological polar surface area (TPSA) is 26.0 Å². The van der Waals surface area contributed by atoms with Crippen LogP contribution in [0.25, 0.3) is 0 Å². The van der Waals surface area contributed by atoms with Gasteiger partial charge in [-0.1, -0.05) is 11.5 Å². The van der Waals surface area contributed by atoms with Gasteiger partial charge in [-0.2, -0.15) is 0 Å². The molecular weight excluding hydrogens is 141 g/mol. The number of allylic oxidation sites excluding steroid dienone is 3. The summed E-state index contributed by atoms with van der Waals surface area (Å²) in [6.07, 6.45) is 8.74. The Morgan fingerprint density at radius 1 is 1.82 bits per heavy atom. The molecule has 0 heterocycles. The van der Waals surface area contributed by atoms with Crippen LogP contribution in [-0.4, -0.2) is 6.54 Å². The number of hydrogen-bond acceptors (Lipinski definition) is 1. The van der Waals surface area contributed by atoms with Crippen molar-refractivity contribution in [3.05, 3.63) is 23.6 Å². The lowest BCUT2D eigenvalue weighted by atomic mass is 9.94. The first-order valence-corrected chi connectivity index (χ1v) is 3.49. The van der Waals surface area contributed by atoms with Crippen molar-refractivity contribution in [3.63, 3.8) is 0 Å². The molecule has 1 rings (SSSR count). The number of halogens is 1. The van der Waals surface area contributed by atoms with Gasteiger partial charge in [0.15, 0.2) is 0 Å². The minimum atomic E-state index is -0.264. The van der Waals surface area contributed by atoms with E-state index in [1.165, 1.54) is 12.2 Å². The third-order valence-corrected chi connectivity index (χ3v) is 1.66. The van der Waals surface area contributed by atoms with E-state index >= 15 is 0 Å². The van der Waals surface area contributed by atoms with Crippen LogP contribution in [0.3, 0.4) is 0 Å². The summed E-state index contributed by atoms with van der Waals surface area (Å²) in [5, 5.41) is 0. The van der Waals surface area contributed by atoms with Crippen LogP contribution in [0.15, 0.2) is 23.6 Å². The predicted octanol–water partition coefficient (Wildman–Crippen LogP) is 1.38. The maximum Gasteiger partial charge on any atom is 0.120 e. The zero-order valence-electron chi connectivity index (χ0n) is 6.18. The minimum absolute atomic E-state index is 0.112. The van der Waals surface area contributed by atoms with E-state index in [4.69, 9.17) is 12.2 Å². The fraction of sp³-hybridized carbons (Fsp3) is 0.333. The number of nitrogens with two attached hydrogens (primary N) is 1. The smallest absolute Gasteiger partial charge is 0.120 e. The van der Waals surface area contributed by atoms with Crippen LogP contribution in [-0.2, 0) is 0 Å². The summed E-state index contributed by atoms with van der Waals surface area (Å²) in [5.41, 5.74) is 6.23. The van der Waals surface area contributed by atoms with E-state index in [9.17, 15) is 4.39 Å². The summed E-state index contributed by atoms with van der Waals surface area (Å²) >= 11 is 0. The van der Waals surface area contributed by atoms with Crippen LogP contribution >= 0.6 is 0 Å². The van der Waals surface area contributed by atoms with E-state index in [1.54, 1.807) is 0 Å². The van der Waals surface area contributed by atoms with Crippen LogP contribution in [0, 0.1) is 18.3 Å². The molecule has 0 saturated heterocycles. The molecule has 0 saturated carbocycles. The molecule has 1 nitrogen and oxygen atoms in total. The van der Waals surface area contributed by atoms with Crippen molar-refractivity contribution < 1.29 is 4.39 Å². The number of hydrogen-bond donors (Lipinski definition) is 1. The zero-order chi connectivity index (χ0) is 8.27. The predicted molar refractivity (Wildman–Crippen MR) is 43.3 cm³/mol. The van der Waals surface area contributed by atoms with E-state index in [1.807, 2.05) is 0 Å². The minimum Gasteiger partial charge on any atom is -0.327 e. The van der Waals surface area contributed by atoms with E-state index in [-0.39, 0.29) is 11.7 Å². The Balaban J connectivity index is 2.77. The lowest BCUT2D eigenvalue weighted by Gasteiger charge is -2.12. The van der Waals surface area contributed by atoms with Gasteiger partial charge in [0.25, 0.3) is 0 Å². The highest BCUT2D eigenvalue weighted by Gasteiger charge is 2.11. The summed E-state index contributed by atoms with van der Waals surface area (Å²) in [7, 11) is 0. The first-order valence-electron chi connectivity index (χ1n) is 3.49. The van der Waals surface area contributed by atoms with Gasteiger partial charge in [0.05, 0.1) is 0 Å². The van der Waals surface area contributed by atoms with Gasteiger partial charge in [-0.05, 0) is 18.6 Å². The zero-order valence-corrected chi connectivity index (χ0v) is 6.18. The van der Waals surface area contributed by atoms with Crippen LogP contribution < -0.4 is 5.73 Å². The third-order valence-electron chi connectivity index (χ3n) is 1.66. The molecule has 2 N–H and O–H groups in total. The molecule has 0 aromatic rings. The Labute approximate surface area is 65.8 Å². The van der Waals surface area contributed by atoms with Crippen molar-refractivity contribution >= 4 is 0 Å². The Morgan fingerprint density at radius 3 is 3.09 bits per heavy atom. The second-order valence-corrected chi connectivity index (χ2v) is 2.54. The molecule has 58 valence electrons. The van der Waals surface area contributed by atoms with Crippen LogP contribution in [0.5, 0.6) is 0 Å². The van der Waals surface area contributed by atoms with E-state index in [0.717, 1.165) is 5.57 Å². The molecular formula is C9H10FN. The highest BCUT2D eigenvalue weighted by molar-refractivity contribution is 5.29.